The molecule has 0 saturated carbocycles. The number of ether oxygens (including phenoxy) is 2. The summed E-state index contributed by atoms with van der Waals surface area (Å²) in [5, 5.41) is 0. The number of para-hydroxylation sites is 2. The van der Waals surface area contributed by atoms with Crippen LogP contribution in [0.5, 0.6) is 5.75 Å². The first kappa shape index (κ1) is 16.7. The second kappa shape index (κ2) is 7.26. The predicted octanol–water partition coefficient (Wildman–Crippen LogP) is 4.72. The number of aromatic nitrogens is 1. The second-order valence-corrected chi connectivity index (χ2v) is 6.50. The van der Waals surface area contributed by atoms with Crippen LogP contribution in [0.2, 0.25) is 0 Å². The fraction of sp³-hybridized carbons (Fsp3) is 0.273. The highest BCUT2D eigenvalue weighted by molar-refractivity contribution is 5.51. The van der Waals surface area contributed by atoms with Crippen LogP contribution in [0, 0.1) is 6.92 Å². The highest BCUT2D eigenvalue weighted by Gasteiger charge is 2.28. The van der Waals surface area contributed by atoms with E-state index in [0.29, 0.717) is 6.61 Å². The molecule has 0 N–H and O–H groups in total. The zero-order valence-electron chi connectivity index (χ0n) is 15.3. The molecule has 2 aromatic carbocycles. The molecular weight excluding hydrogens is 324 g/mol. The van der Waals surface area contributed by atoms with E-state index in [1.54, 1.807) is 0 Å². The van der Waals surface area contributed by atoms with Crippen LogP contribution in [0.15, 0.2) is 67.0 Å². The molecule has 2 heterocycles. The lowest BCUT2D eigenvalue weighted by Crippen LogP contribution is -2.22. The molecule has 1 fully saturated rings. The number of hydrogen-bond acceptors (Lipinski definition) is 3. The summed E-state index contributed by atoms with van der Waals surface area (Å²) in [7, 11) is 0. The van der Waals surface area contributed by atoms with E-state index in [4.69, 9.17) is 9.47 Å². The van der Waals surface area contributed by atoms with Crippen LogP contribution >= 0.6 is 0 Å². The minimum absolute atomic E-state index is 0.0572. The third-order valence-corrected chi connectivity index (χ3v) is 4.70. The van der Waals surface area contributed by atoms with E-state index in [-0.39, 0.29) is 6.23 Å². The van der Waals surface area contributed by atoms with Gasteiger partial charge in [-0.1, -0.05) is 29.8 Å². The molecule has 3 aromatic rings. The fourth-order valence-corrected chi connectivity index (χ4v) is 3.40. The molecule has 0 radical (unpaired) electrons. The van der Waals surface area contributed by atoms with E-state index in [1.165, 1.54) is 11.3 Å². The standard InChI is InChI=1S/C22H24N2O2/c1-3-25-21-7-5-4-6-20(21)23-13-12-18(16-23)22-24(14-15-26-22)19-10-8-17(2)9-11-19/h4-13,16,22H,3,14-15H2,1-2H3/t22-/m0/s1. The van der Waals surface area contributed by atoms with Gasteiger partial charge in [-0.3, -0.25) is 0 Å². The Kier molecular flexibility index (Phi) is 4.67. The maximum Gasteiger partial charge on any atom is 0.158 e. The van der Waals surface area contributed by atoms with E-state index in [9.17, 15) is 0 Å². The minimum Gasteiger partial charge on any atom is -0.492 e. The van der Waals surface area contributed by atoms with Crippen LogP contribution in [-0.2, 0) is 4.74 Å². The molecule has 0 unspecified atom stereocenters. The Morgan fingerprint density at radius 1 is 1.08 bits per heavy atom. The summed E-state index contributed by atoms with van der Waals surface area (Å²) >= 11 is 0. The predicted molar refractivity (Wildman–Crippen MR) is 104 cm³/mol. The van der Waals surface area contributed by atoms with Crippen molar-refractivity contribution in [2.45, 2.75) is 20.1 Å². The molecular formula is C22H24N2O2. The van der Waals surface area contributed by atoms with Gasteiger partial charge in [-0.15, -0.1) is 0 Å². The van der Waals surface area contributed by atoms with Gasteiger partial charge in [0.15, 0.2) is 6.23 Å². The van der Waals surface area contributed by atoms with Crippen molar-refractivity contribution in [3.63, 3.8) is 0 Å². The Morgan fingerprint density at radius 2 is 1.88 bits per heavy atom. The average molecular weight is 348 g/mol. The van der Waals surface area contributed by atoms with Crippen molar-refractivity contribution in [2.24, 2.45) is 0 Å². The Labute approximate surface area is 154 Å². The van der Waals surface area contributed by atoms with Crippen LogP contribution in [0.1, 0.15) is 24.3 Å². The molecule has 26 heavy (non-hydrogen) atoms. The lowest BCUT2D eigenvalue weighted by Gasteiger charge is -2.24. The van der Waals surface area contributed by atoms with Crippen LogP contribution in [0.3, 0.4) is 0 Å². The molecule has 4 heteroatoms. The largest absolute Gasteiger partial charge is 0.492 e. The lowest BCUT2D eigenvalue weighted by atomic mass is 10.2. The van der Waals surface area contributed by atoms with E-state index >= 15 is 0 Å². The smallest absolute Gasteiger partial charge is 0.158 e. The van der Waals surface area contributed by atoms with Crippen LogP contribution in [0.25, 0.3) is 5.69 Å². The van der Waals surface area contributed by atoms with E-state index in [2.05, 4.69) is 65.2 Å². The molecule has 1 aromatic heterocycles. The summed E-state index contributed by atoms with van der Waals surface area (Å²) in [6, 6.07) is 18.9. The van der Waals surface area contributed by atoms with E-state index in [1.807, 2.05) is 25.1 Å². The molecule has 134 valence electrons. The molecule has 0 amide bonds. The fourth-order valence-electron chi connectivity index (χ4n) is 3.40. The van der Waals surface area contributed by atoms with Gasteiger partial charge < -0.3 is 18.9 Å². The van der Waals surface area contributed by atoms with Gasteiger partial charge in [-0.2, -0.15) is 0 Å². The van der Waals surface area contributed by atoms with E-state index in [0.717, 1.165) is 30.2 Å². The Balaban J connectivity index is 1.62. The number of benzene rings is 2. The van der Waals surface area contributed by atoms with Gasteiger partial charge >= 0.3 is 0 Å². The highest BCUT2D eigenvalue weighted by Crippen LogP contribution is 2.33. The maximum atomic E-state index is 6.04. The molecule has 1 atom stereocenters. The zero-order valence-corrected chi connectivity index (χ0v) is 15.3. The molecule has 4 rings (SSSR count). The van der Waals surface area contributed by atoms with Gasteiger partial charge in [-0.25, -0.2) is 0 Å². The third kappa shape index (κ3) is 3.20. The van der Waals surface area contributed by atoms with Gasteiger partial charge in [0.1, 0.15) is 5.75 Å². The third-order valence-electron chi connectivity index (χ3n) is 4.70. The molecule has 0 aliphatic carbocycles. The number of aryl methyl sites for hydroxylation is 1. The molecule has 1 aliphatic heterocycles. The normalized spacial score (nSPS) is 16.8. The summed E-state index contributed by atoms with van der Waals surface area (Å²) < 4.78 is 13.9. The van der Waals surface area contributed by atoms with Gasteiger partial charge in [0.2, 0.25) is 0 Å². The van der Waals surface area contributed by atoms with Crippen molar-refractivity contribution in [1.82, 2.24) is 4.57 Å². The molecule has 1 aliphatic rings. The number of hydrogen-bond donors (Lipinski definition) is 0. The van der Waals surface area contributed by atoms with Gasteiger partial charge in [0.25, 0.3) is 0 Å². The minimum atomic E-state index is -0.0572. The first-order valence-corrected chi connectivity index (χ1v) is 9.11. The quantitative estimate of drug-likeness (QED) is 0.667. The first-order valence-electron chi connectivity index (χ1n) is 9.11. The monoisotopic (exact) mass is 348 g/mol. The summed E-state index contributed by atoms with van der Waals surface area (Å²) in [5.41, 5.74) is 4.65. The average Bonchev–Trinajstić information content (AvgIpc) is 3.32. The van der Waals surface area contributed by atoms with Crippen molar-refractivity contribution in [1.29, 1.82) is 0 Å². The van der Waals surface area contributed by atoms with Crippen LogP contribution < -0.4 is 9.64 Å². The molecule has 4 nitrogen and oxygen atoms in total. The second-order valence-electron chi connectivity index (χ2n) is 6.50. The number of anilines is 1. The van der Waals surface area contributed by atoms with Crippen molar-refractivity contribution in [3.8, 4) is 11.4 Å². The van der Waals surface area contributed by atoms with Gasteiger partial charge in [0.05, 0.1) is 18.9 Å². The molecule has 0 bridgehead atoms. The lowest BCUT2D eigenvalue weighted by molar-refractivity contribution is 0.114. The maximum absolute atomic E-state index is 6.04. The summed E-state index contributed by atoms with van der Waals surface area (Å²) in [6.45, 7) is 6.40. The van der Waals surface area contributed by atoms with Crippen molar-refractivity contribution >= 4 is 5.69 Å². The van der Waals surface area contributed by atoms with Crippen molar-refractivity contribution < 1.29 is 9.47 Å². The number of rotatable bonds is 5. The molecule has 1 saturated heterocycles. The van der Waals surface area contributed by atoms with Gasteiger partial charge in [-0.05, 0) is 44.2 Å². The first-order chi connectivity index (χ1) is 12.8. The SMILES string of the molecule is CCOc1ccccc1-n1ccc([C@@H]2OCCN2c2ccc(C)cc2)c1. The zero-order chi connectivity index (χ0) is 17.9. The summed E-state index contributed by atoms with van der Waals surface area (Å²) in [4.78, 5) is 2.31. The summed E-state index contributed by atoms with van der Waals surface area (Å²) in [6.07, 6.45) is 4.15. The molecule has 0 spiro atoms. The Hall–Kier alpha value is -2.72. The Bertz CT molecular complexity index is 870. The van der Waals surface area contributed by atoms with Crippen molar-refractivity contribution in [3.05, 3.63) is 78.1 Å². The van der Waals surface area contributed by atoms with Gasteiger partial charge in [0, 0.05) is 30.2 Å². The van der Waals surface area contributed by atoms with Crippen molar-refractivity contribution in [2.75, 3.05) is 24.7 Å². The Morgan fingerprint density at radius 3 is 2.69 bits per heavy atom. The summed E-state index contributed by atoms with van der Waals surface area (Å²) in [5.74, 6) is 0.889. The number of nitrogens with zero attached hydrogens (tertiary/aromatic N) is 2. The highest BCUT2D eigenvalue weighted by atomic mass is 16.5. The van der Waals surface area contributed by atoms with Crippen LogP contribution in [-0.4, -0.2) is 24.3 Å². The van der Waals surface area contributed by atoms with Crippen LogP contribution in [0.4, 0.5) is 5.69 Å². The van der Waals surface area contributed by atoms with E-state index < -0.39 is 0 Å². The topological polar surface area (TPSA) is 26.6 Å².